The topological polar surface area (TPSA) is 91.7 Å². The Bertz CT molecular complexity index is 1170. The zero-order chi connectivity index (χ0) is 24.8. The molecule has 0 bridgehead atoms. The molecule has 1 heterocycles. The minimum Gasteiger partial charge on any atom is -0.459 e. The lowest BCUT2D eigenvalue weighted by Crippen LogP contribution is -2.49. The maximum Gasteiger partial charge on any atom is 0.287 e. The first-order valence-corrected chi connectivity index (χ1v) is 12.0. The third-order valence-electron chi connectivity index (χ3n) is 6.42. The second-order valence-electron chi connectivity index (χ2n) is 9.01. The first kappa shape index (κ1) is 24.3. The van der Waals surface area contributed by atoms with Gasteiger partial charge in [-0.15, -0.1) is 0 Å². The summed E-state index contributed by atoms with van der Waals surface area (Å²) in [5.41, 5.74) is 3.27. The molecule has 3 aromatic rings. The molecule has 0 aliphatic heterocycles. The highest BCUT2D eigenvalue weighted by Gasteiger charge is 2.35. The molecular weight excluding hydrogens is 442 g/mol. The quantitative estimate of drug-likeness (QED) is 0.505. The van der Waals surface area contributed by atoms with Gasteiger partial charge in [0.1, 0.15) is 6.04 Å². The fourth-order valence-corrected chi connectivity index (χ4v) is 4.52. The number of anilines is 1. The smallest absolute Gasteiger partial charge is 0.287 e. The molecule has 7 heteroatoms. The molecule has 3 amide bonds. The summed E-state index contributed by atoms with van der Waals surface area (Å²) < 4.78 is 5.13. The number of nitrogens with one attached hydrogen (secondary N) is 2. The highest BCUT2D eigenvalue weighted by molar-refractivity contribution is 6.04. The van der Waals surface area contributed by atoms with Crippen LogP contribution < -0.4 is 15.5 Å². The standard InChI is InChI=1S/C28H31N3O4/c1-19-13-15-22(16-14-19)31(25(32)18-29-27(33)24-12-7-17-35-24)26(23-11-6-3-8-20(23)2)28(34)30-21-9-4-5-10-21/h3,6-8,11-17,21,26H,4-5,9-10,18H2,1-2H3,(H,29,33)(H,30,34)/t26-/m1/s1. The third-order valence-corrected chi connectivity index (χ3v) is 6.42. The molecule has 1 aromatic heterocycles. The Kier molecular flexibility index (Phi) is 7.65. The minimum absolute atomic E-state index is 0.0997. The first-order chi connectivity index (χ1) is 16.9. The number of amides is 3. The molecule has 2 aromatic carbocycles. The monoisotopic (exact) mass is 473 g/mol. The van der Waals surface area contributed by atoms with E-state index in [1.54, 1.807) is 6.07 Å². The number of aryl methyl sites for hydroxylation is 2. The average molecular weight is 474 g/mol. The fraction of sp³-hybridized carbons (Fsp3) is 0.321. The van der Waals surface area contributed by atoms with Gasteiger partial charge in [-0.25, -0.2) is 0 Å². The van der Waals surface area contributed by atoms with Crippen molar-refractivity contribution < 1.29 is 18.8 Å². The summed E-state index contributed by atoms with van der Waals surface area (Å²) in [6, 6.07) is 17.4. The number of carbonyl (C=O) groups is 3. The molecule has 4 rings (SSSR count). The van der Waals surface area contributed by atoms with Gasteiger partial charge >= 0.3 is 0 Å². The van der Waals surface area contributed by atoms with E-state index in [1.165, 1.54) is 17.2 Å². The highest BCUT2D eigenvalue weighted by atomic mass is 16.3. The maximum atomic E-state index is 13.8. The van der Waals surface area contributed by atoms with Crippen molar-refractivity contribution in [2.45, 2.75) is 51.6 Å². The summed E-state index contributed by atoms with van der Waals surface area (Å²) in [5.74, 6) is -0.995. The van der Waals surface area contributed by atoms with Crippen LogP contribution in [0.5, 0.6) is 0 Å². The lowest BCUT2D eigenvalue weighted by molar-refractivity contribution is -0.126. The number of rotatable bonds is 8. The number of nitrogens with zero attached hydrogens (tertiary/aromatic N) is 1. The van der Waals surface area contributed by atoms with E-state index >= 15 is 0 Å². The minimum atomic E-state index is -0.882. The van der Waals surface area contributed by atoms with Crippen LogP contribution in [0.1, 0.15) is 59.0 Å². The zero-order valence-corrected chi connectivity index (χ0v) is 20.1. The molecule has 0 radical (unpaired) electrons. The van der Waals surface area contributed by atoms with E-state index in [0.717, 1.165) is 42.4 Å². The molecule has 182 valence electrons. The Morgan fingerprint density at radius 3 is 2.34 bits per heavy atom. The van der Waals surface area contributed by atoms with Gasteiger partial charge in [0, 0.05) is 11.7 Å². The highest BCUT2D eigenvalue weighted by Crippen LogP contribution is 2.31. The van der Waals surface area contributed by atoms with E-state index in [0.29, 0.717) is 5.69 Å². The van der Waals surface area contributed by atoms with E-state index in [9.17, 15) is 14.4 Å². The second-order valence-corrected chi connectivity index (χ2v) is 9.01. The van der Waals surface area contributed by atoms with Gasteiger partial charge in [0.25, 0.3) is 5.91 Å². The van der Waals surface area contributed by atoms with Crippen molar-refractivity contribution in [2.75, 3.05) is 11.4 Å². The van der Waals surface area contributed by atoms with Gasteiger partial charge in [-0.05, 0) is 62.1 Å². The number of hydrogen-bond acceptors (Lipinski definition) is 4. The van der Waals surface area contributed by atoms with Crippen LogP contribution >= 0.6 is 0 Å². The van der Waals surface area contributed by atoms with Crippen molar-refractivity contribution in [1.29, 1.82) is 0 Å². The van der Waals surface area contributed by atoms with Crippen LogP contribution in [0.2, 0.25) is 0 Å². The lowest BCUT2D eigenvalue weighted by atomic mass is 9.97. The van der Waals surface area contributed by atoms with Crippen molar-refractivity contribution in [2.24, 2.45) is 0 Å². The third kappa shape index (κ3) is 5.80. The summed E-state index contributed by atoms with van der Waals surface area (Å²) in [5, 5.41) is 5.80. The van der Waals surface area contributed by atoms with Gasteiger partial charge in [-0.1, -0.05) is 54.8 Å². The Labute approximate surface area is 205 Å². The van der Waals surface area contributed by atoms with Gasteiger partial charge in [0.2, 0.25) is 11.8 Å². The van der Waals surface area contributed by atoms with Crippen molar-refractivity contribution in [3.05, 3.63) is 89.4 Å². The Hall–Kier alpha value is -3.87. The van der Waals surface area contributed by atoms with E-state index in [2.05, 4.69) is 10.6 Å². The van der Waals surface area contributed by atoms with E-state index < -0.39 is 17.9 Å². The molecule has 1 atom stereocenters. The Morgan fingerprint density at radius 2 is 1.69 bits per heavy atom. The molecule has 7 nitrogen and oxygen atoms in total. The van der Waals surface area contributed by atoms with Crippen molar-refractivity contribution >= 4 is 23.4 Å². The predicted molar refractivity (Wildman–Crippen MR) is 134 cm³/mol. The number of hydrogen-bond donors (Lipinski definition) is 2. The van der Waals surface area contributed by atoms with Crippen LogP contribution in [0, 0.1) is 13.8 Å². The van der Waals surface area contributed by atoms with Crippen LogP contribution in [-0.4, -0.2) is 30.3 Å². The second kappa shape index (κ2) is 11.0. The molecule has 0 saturated heterocycles. The molecule has 0 unspecified atom stereocenters. The summed E-state index contributed by atoms with van der Waals surface area (Å²) in [7, 11) is 0. The fourth-order valence-electron chi connectivity index (χ4n) is 4.52. The summed E-state index contributed by atoms with van der Waals surface area (Å²) in [6.07, 6.45) is 5.43. The van der Waals surface area contributed by atoms with Crippen molar-refractivity contribution in [3.63, 3.8) is 0 Å². The number of carbonyl (C=O) groups excluding carboxylic acids is 3. The molecule has 2 N–H and O–H groups in total. The van der Waals surface area contributed by atoms with E-state index in [1.807, 2.05) is 62.4 Å². The maximum absolute atomic E-state index is 13.8. The van der Waals surface area contributed by atoms with Crippen LogP contribution in [0.4, 0.5) is 5.69 Å². The first-order valence-electron chi connectivity index (χ1n) is 12.0. The van der Waals surface area contributed by atoms with Crippen molar-refractivity contribution in [3.8, 4) is 0 Å². The SMILES string of the molecule is Cc1ccc(N(C(=O)CNC(=O)c2ccco2)[C@@H](C(=O)NC2CCCC2)c2ccccc2C)cc1. The number of benzene rings is 2. The van der Waals surface area contributed by atoms with Gasteiger partial charge in [0.05, 0.1) is 12.8 Å². The van der Waals surface area contributed by atoms with Crippen LogP contribution in [0.15, 0.2) is 71.3 Å². The Morgan fingerprint density at radius 1 is 0.971 bits per heavy atom. The summed E-state index contributed by atoms with van der Waals surface area (Å²) in [6.45, 7) is 3.61. The van der Waals surface area contributed by atoms with Gasteiger partial charge in [-0.3, -0.25) is 19.3 Å². The molecule has 1 fully saturated rings. The molecular formula is C28H31N3O4. The van der Waals surface area contributed by atoms with Crippen LogP contribution in [0.3, 0.4) is 0 Å². The molecule has 1 saturated carbocycles. The van der Waals surface area contributed by atoms with Gasteiger partial charge < -0.3 is 15.1 Å². The summed E-state index contributed by atoms with van der Waals surface area (Å²) in [4.78, 5) is 41.3. The normalized spacial score (nSPS) is 14.3. The van der Waals surface area contributed by atoms with Crippen LogP contribution in [0.25, 0.3) is 0 Å². The van der Waals surface area contributed by atoms with E-state index in [-0.39, 0.29) is 24.3 Å². The van der Waals surface area contributed by atoms with Gasteiger partial charge in [0.15, 0.2) is 5.76 Å². The Balaban J connectivity index is 1.69. The van der Waals surface area contributed by atoms with Crippen molar-refractivity contribution in [1.82, 2.24) is 10.6 Å². The predicted octanol–water partition coefficient (Wildman–Crippen LogP) is 4.46. The molecule has 35 heavy (non-hydrogen) atoms. The van der Waals surface area contributed by atoms with Gasteiger partial charge in [-0.2, -0.15) is 0 Å². The number of furan rings is 1. The zero-order valence-electron chi connectivity index (χ0n) is 20.1. The molecule has 0 spiro atoms. The molecule has 1 aliphatic carbocycles. The van der Waals surface area contributed by atoms with E-state index in [4.69, 9.17) is 4.42 Å². The summed E-state index contributed by atoms with van der Waals surface area (Å²) >= 11 is 0. The van der Waals surface area contributed by atoms with Crippen LogP contribution in [-0.2, 0) is 9.59 Å². The largest absolute Gasteiger partial charge is 0.459 e. The lowest BCUT2D eigenvalue weighted by Gasteiger charge is -2.33. The average Bonchev–Trinajstić information content (AvgIpc) is 3.57. The molecule has 1 aliphatic rings.